The second-order valence-electron chi connectivity index (χ2n) is 8.98. The molecule has 0 atom stereocenters. The molecule has 0 bridgehead atoms. The summed E-state index contributed by atoms with van der Waals surface area (Å²) in [6.45, 7) is 12.6. The summed E-state index contributed by atoms with van der Waals surface area (Å²) in [6.07, 6.45) is 21.2. The van der Waals surface area contributed by atoms with Crippen LogP contribution in [0.2, 0.25) is 0 Å². The fraction of sp³-hybridized carbons (Fsp3) is 0.960. The van der Waals surface area contributed by atoms with Crippen LogP contribution in [0.25, 0.3) is 0 Å². The molecule has 0 aromatic heterocycles. The molecule has 3 nitrogen and oxygen atoms in total. The molecule has 0 rings (SSSR count). The van der Waals surface area contributed by atoms with Crippen molar-refractivity contribution in [2.75, 3.05) is 26.2 Å². The summed E-state index contributed by atoms with van der Waals surface area (Å²) in [7, 11) is 0. The Kier molecular flexibility index (Phi) is 19.3. The molecule has 0 aromatic rings. The van der Waals surface area contributed by atoms with Gasteiger partial charge in [-0.1, -0.05) is 85.0 Å². The van der Waals surface area contributed by atoms with E-state index in [4.69, 9.17) is 5.11 Å². The van der Waals surface area contributed by atoms with Crippen LogP contribution in [-0.4, -0.2) is 41.7 Å². The Hall–Kier alpha value is -0.570. The summed E-state index contributed by atoms with van der Waals surface area (Å²) in [5.41, 5.74) is 0. The van der Waals surface area contributed by atoms with Gasteiger partial charge in [0.15, 0.2) is 0 Å². The minimum atomic E-state index is -0.651. The van der Waals surface area contributed by atoms with Crippen molar-refractivity contribution in [2.45, 2.75) is 130 Å². The van der Waals surface area contributed by atoms with Crippen LogP contribution in [0, 0.1) is 0 Å². The molecule has 0 spiro atoms. The molecule has 0 amide bonds. The molecule has 0 aliphatic carbocycles. The standard InChI is InChI=1S/C25H51NO2/c1-4-7-21-26(22-8-5-2,23-9-6-3)24-19-17-15-13-11-10-12-14-16-18-20-25(27)28/h4-24H2,1-3H3/p+1. The molecule has 0 fully saturated rings. The van der Waals surface area contributed by atoms with E-state index in [1.807, 2.05) is 0 Å². The third kappa shape index (κ3) is 16.4. The van der Waals surface area contributed by atoms with E-state index in [9.17, 15) is 4.79 Å². The minimum absolute atomic E-state index is 0.342. The first kappa shape index (κ1) is 27.4. The van der Waals surface area contributed by atoms with Gasteiger partial charge in [-0.05, 0) is 38.5 Å². The maximum absolute atomic E-state index is 10.5. The Balaban J connectivity index is 3.88. The SMILES string of the molecule is CCCC[N+](CCCC)(CCCC)CCCCCCCCCCCCC(=O)O. The van der Waals surface area contributed by atoms with Gasteiger partial charge in [-0.25, -0.2) is 0 Å². The van der Waals surface area contributed by atoms with E-state index in [-0.39, 0.29) is 0 Å². The van der Waals surface area contributed by atoms with Crippen molar-refractivity contribution < 1.29 is 14.4 Å². The quantitative estimate of drug-likeness (QED) is 0.151. The van der Waals surface area contributed by atoms with Crippen molar-refractivity contribution in [1.82, 2.24) is 0 Å². The Labute approximate surface area is 176 Å². The lowest BCUT2D eigenvalue weighted by Crippen LogP contribution is -2.50. The molecule has 168 valence electrons. The number of aliphatic carboxylic acids is 1. The third-order valence-electron chi connectivity index (χ3n) is 6.23. The van der Waals surface area contributed by atoms with Gasteiger partial charge < -0.3 is 9.59 Å². The molecule has 28 heavy (non-hydrogen) atoms. The molecular weight excluding hydrogens is 346 g/mol. The highest BCUT2D eigenvalue weighted by atomic mass is 16.4. The zero-order chi connectivity index (χ0) is 20.9. The fourth-order valence-electron chi connectivity index (χ4n) is 4.29. The highest BCUT2D eigenvalue weighted by Gasteiger charge is 2.24. The Morgan fingerprint density at radius 2 is 0.857 bits per heavy atom. The fourth-order valence-corrected chi connectivity index (χ4v) is 4.29. The molecule has 0 radical (unpaired) electrons. The Morgan fingerprint density at radius 3 is 1.21 bits per heavy atom. The average Bonchev–Trinajstić information content (AvgIpc) is 2.69. The van der Waals surface area contributed by atoms with Crippen LogP contribution in [0.4, 0.5) is 0 Å². The minimum Gasteiger partial charge on any atom is -0.481 e. The van der Waals surface area contributed by atoms with E-state index in [1.165, 1.54) is 121 Å². The predicted octanol–water partition coefficient (Wildman–Crippen LogP) is 7.58. The smallest absolute Gasteiger partial charge is 0.303 e. The van der Waals surface area contributed by atoms with Crippen molar-refractivity contribution in [2.24, 2.45) is 0 Å². The molecule has 0 aromatic carbocycles. The number of quaternary nitrogens is 1. The van der Waals surface area contributed by atoms with Gasteiger partial charge in [0.2, 0.25) is 0 Å². The van der Waals surface area contributed by atoms with Gasteiger partial charge in [-0.3, -0.25) is 4.79 Å². The second-order valence-corrected chi connectivity index (χ2v) is 8.98. The van der Waals surface area contributed by atoms with Gasteiger partial charge >= 0.3 is 5.97 Å². The lowest BCUT2D eigenvalue weighted by Gasteiger charge is -2.39. The number of carboxylic acids is 1. The van der Waals surface area contributed by atoms with Gasteiger partial charge in [-0.2, -0.15) is 0 Å². The molecule has 0 unspecified atom stereocenters. The number of unbranched alkanes of at least 4 members (excludes halogenated alkanes) is 12. The summed E-state index contributed by atoms with van der Waals surface area (Å²) >= 11 is 0. The number of carbonyl (C=O) groups is 1. The normalized spacial score (nSPS) is 11.8. The summed E-state index contributed by atoms with van der Waals surface area (Å²) in [5.74, 6) is -0.651. The largest absolute Gasteiger partial charge is 0.481 e. The number of hydrogen-bond acceptors (Lipinski definition) is 1. The maximum Gasteiger partial charge on any atom is 0.303 e. The van der Waals surface area contributed by atoms with Crippen molar-refractivity contribution in [3.63, 3.8) is 0 Å². The van der Waals surface area contributed by atoms with E-state index >= 15 is 0 Å². The van der Waals surface area contributed by atoms with Crippen LogP contribution >= 0.6 is 0 Å². The van der Waals surface area contributed by atoms with Crippen molar-refractivity contribution in [3.05, 3.63) is 0 Å². The van der Waals surface area contributed by atoms with Crippen molar-refractivity contribution in [3.8, 4) is 0 Å². The number of nitrogens with zero attached hydrogens (tertiary/aromatic N) is 1. The van der Waals surface area contributed by atoms with Crippen LogP contribution in [-0.2, 0) is 4.79 Å². The lowest BCUT2D eigenvalue weighted by atomic mass is 10.0. The zero-order valence-corrected chi connectivity index (χ0v) is 19.7. The van der Waals surface area contributed by atoms with Crippen LogP contribution in [0.5, 0.6) is 0 Å². The molecule has 0 saturated carbocycles. The summed E-state index contributed by atoms with van der Waals surface area (Å²) in [4.78, 5) is 10.5. The van der Waals surface area contributed by atoms with Crippen LogP contribution < -0.4 is 0 Å². The molecule has 3 heteroatoms. The zero-order valence-electron chi connectivity index (χ0n) is 19.7. The second kappa shape index (κ2) is 19.7. The molecular formula is C25H52NO2+. The number of hydrogen-bond donors (Lipinski definition) is 1. The van der Waals surface area contributed by atoms with E-state index in [0.717, 1.165) is 12.8 Å². The first-order valence-corrected chi connectivity index (χ1v) is 12.7. The Bertz CT molecular complexity index is 322. The van der Waals surface area contributed by atoms with Gasteiger partial charge in [0, 0.05) is 6.42 Å². The first-order chi connectivity index (χ1) is 13.6. The molecule has 0 saturated heterocycles. The van der Waals surface area contributed by atoms with Gasteiger partial charge in [0.25, 0.3) is 0 Å². The molecule has 0 aliphatic rings. The van der Waals surface area contributed by atoms with Crippen molar-refractivity contribution in [1.29, 1.82) is 0 Å². The topological polar surface area (TPSA) is 37.3 Å². The highest BCUT2D eigenvalue weighted by Crippen LogP contribution is 2.18. The van der Waals surface area contributed by atoms with E-state index < -0.39 is 5.97 Å². The van der Waals surface area contributed by atoms with E-state index in [1.54, 1.807) is 0 Å². The summed E-state index contributed by atoms with van der Waals surface area (Å²) < 4.78 is 1.39. The Morgan fingerprint density at radius 1 is 0.536 bits per heavy atom. The number of carboxylic acid groups (broad SMARTS) is 1. The highest BCUT2D eigenvalue weighted by molar-refractivity contribution is 5.66. The van der Waals surface area contributed by atoms with E-state index in [0.29, 0.717) is 6.42 Å². The number of rotatable bonds is 22. The predicted molar refractivity (Wildman–Crippen MR) is 123 cm³/mol. The molecule has 1 N–H and O–H groups in total. The van der Waals surface area contributed by atoms with Gasteiger partial charge in [-0.15, -0.1) is 0 Å². The maximum atomic E-state index is 10.5. The summed E-state index contributed by atoms with van der Waals surface area (Å²) in [6, 6.07) is 0. The molecule has 0 aliphatic heterocycles. The average molecular weight is 399 g/mol. The first-order valence-electron chi connectivity index (χ1n) is 12.7. The van der Waals surface area contributed by atoms with E-state index in [2.05, 4.69) is 20.8 Å². The monoisotopic (exact) mass is 398 g/mol. The summed E-state index contributed by atoms with van der Waals surface area (Å²) in [5, 5.41) is 8.63. The van der Waals surface area contributed by atoms with Crippen LogP contribution in [0.3, 0.4) is 0 Å². The van der Waals surface area contributed by atoms with Gasteiger partial charge in [0.05, 0.1) is 26.2 Å². The van der Waals surface area contributed by atoms with Gasteiger partial charge in [0.1, 0.15) is 0 Å². The van der Waals surface area contributed by atoms with Crippen LogP contribution in [0.1, 0.15) is 130 Å². The lowest BCUT2D eigenvalue weighted by molar-refractivity contribution is -0.929. The molecule has 0 heterocycles. The van der Waals surface area contributed by atoms with Crippen LogP contribution in [0.15, 0.2) is 0 Å². The third-order valence-corrected chi connectivity index (χ3v) is 6.23. The van der Waals surface area contributed by atoms with Crippen molar-refractivity contribution >= 4 is 5.97 Å².